The minimum absolute atomic E-state index is 0.377. The van der Waals surface area contributed by atoms with Crippen LogP contribution in [0.4, 0.5) is 13.2 Å². The summed E-state index contributed by atoms with van der Waals surface area (Å²) >= 11 is 1.46. The first-order valence-corrected chi connectivity index (χ1v) is 12.8. The van der Waals surface area contributed by atoms with Gasteiger partial charge < -0.3 is 14.6 Å². The third kappa shape index (κ3) is 7.35. The maximum absolute atomic E-state index is 13.0. The van der Waals surface area contributed by atoms with Gasteiger partial charge in [0.1, 0.15) is 16.5 Å². The lowest BCUT2D eigenvalue weighted by molar-refractivity contribution is -0.139. The Balaban J connectivity index is 1.47. The summed E-state index contributed by atoms with van der Waals surface area (Å²) in [5, 5.41) is 9.46. The van der Waals surface area contributed by atoms with Crippen LogP contribution < -0.4 is 9.47 Å². The molecule has 0 unspecified atom stereocenters. The lowest BCUT2D eigenvalue weighted by atomic mass is 10.1. The van der Waals surface area contributed by atoms with Gasteiger partial charge in [-0.2, -0.15) is 13.2 Å². The Morgan fingerprint density at radius 1 is 0.947 bits per heavy atom. The van der Waals surface area contributed by atoms with Crippen molar-refractivity contribution in [1.82, 2.24) is 4.98 Å². The number of carbonyl (C=O) groups is 1. The summed E-state index contributed by atoms with van der Waals surface area (Å²) in [4.78, 5) is 16.5. The van der Waals surface area contributed by atoms with Crippen LogP contribution in [-0.4, -0.2) is 29.3 Å². The molecule has 1 aromatic heterocycles. The zero-order chi connectivity index (χ0) is 27.1. The molecule has 0 aliphatic rings. The van der Waals surface area contributed by atoms with Crippen molar-refractivity contribution < 1.29 is 32.5 Å². The van der Waals surface area contributed by atoms with Crippen molar-refractivity contribution >= 4 is 17.3 Å². The van der Waals surface area contributed by atoms with Crippen molar-refractivity contribution in [3.05, 3.63) is 100 Å². The average Bonchev–Trinajstić information content (AvgIpc) is 3.30. The van der Waals surface area contributed by atoms with E-state index < -0.39 is 24.3 Å². The van der Waals surface area contributed by atoms with Gasteiger partial charge in [0.25, 0.3) is 0 Å². The molecule has 1 N–H and O–H groups in total. The van der Waals surface area contributed by atoms with Gasteiger partial charge in [-0.25, -0.2) is 9.78 Å². The molecule has 0 saturated carbocycles. The third-order valence-electron chi connectivity index (χ3n) is 5.83. The molecule has 0 radical (unpaired) electrons. The number of aryl methyl sites for hydroxylation is 3. The standard InChI is InChI=1S/C29H26F3NO4S/c1-19-17-23(12-14-25(19)37-18-27(34)35)36-16-15-26-24(13-7-20-5-3-2-4-6-20)33-28(38-26)21-8-10-22(11-9-21)29(30,31)32/h2-6,8-12,14,17H,7,13,15-16,18H2,1H3,(H,34,35). The van der Waals surface area contributed by atoms with Gasteiger partial charge in [-0.1, -0.05) is 42.5 Å². The summed E-state index contributed by atoms with van der Waals surface area (Å²) in [5.41, 5.74) is 2.80. The molecule has 38 heavy (non-hydrogen) atoms. The van der Waals surface area contributed by atoms with Crippen molar-refractivity contribution in [3.63, 3.8) is 0 Å². The molecule has 3 aromatic carbocycles. The predicted octanol–water partition coefficient (Wildman–Crippen LogP) is 7.01. The van der Waals surface area contributed by atoms with Crippen molar-refractivity contribution in [2.45, 2.75) is 32.4 Å². The summed E-state index contributed by atoms with van der Waals surface area (Å²) in [5.74, 6) is 0.0584. The van der Waals surface area contributed by atoms with Crippen LogP contribution in [0.2, 0.25) is 0 Å². The molecule has 0 aliphatic heterocycles. The highest BCUT2D eigenvalue weighted by molar-refractivity contribution is 7.15. The van der Waals surface area contributed by atoms with E-state index in [4.69, 9.17) is 19.6 Å². The minimum atomic E-state index is -4.39. The normalized spacial score (nSPS) is 11.4. The van der Waals surface area contributed by atoms with Crippen LogP contribution in [0.3, 0.4) is 0 Å². The van der Waals surface area contributed by atoms with Crippen LogP contribution in [-0.2, 0) is 30.2 Å². The number of rotatable bonds is 11. The molecule has 4 aromatic rings. The first-order chi connectivity index (χ1) is 18.2. The Labute approximate surface area is 222 Å². The van der Waals surface area contributed by atoms with Gasteiger partial charge in [0.15, 0.2) is 6.61 Å². The molecule has 9 heteroatoms. The van der Waals surface area contributed by atoms with Crippen molar-refractivity contribution in [2.24, 2.45) is 0 Å². The molecule has 0 fully saturated rings. The third-order valence-corrected chi connectivity index (χ3v) is 7.03. The van der Waals surface area contributed by atoms with Gasteiger partial charge in [-0.15, -0.1) is 11.3 Å². The first kappa shape index (κ1) is 27.2. The number of carboxylic acids is 1. The van der Waals surface area contributed by atoms with Gasteiger partial charge in [0.2, 0.25) is 0 Å². The number of aliphatic carboxylic acids is 1. The van der Waals surface area contributed by atoms with E-state index in [1.165, 1.54) is 29.0 Å². The number of benzene rings is 3. The fourth-order valence-corrected chi connectivity index (χ4v) is 4.98. The molecular formula is C29H26F3NO4S. The number of carboxylic acid groups (broad SMARTS) is 1. The van der Waals surface area contributed by atoms with Gasteiger partial charge in [-0.05, 0) is 61.2 Å². The molecule has 0 saturated heterocycles. The van der Waals surface area contributed by atoms with Gasteiger partial charge >= 0.3 is 12.1 Å². The van der Waals surface area contributed by atoms with E-state index in [2.05, 4.69) is 12.1 Å². The number of halogens is 3. The van der Waals surface area contributed by atoms with Crippen LogP contribution >= 0.6 is 11.3 Å². The fraction of sp³-hybridized carbons (Fsp3) is 0.241. The van der Waals surface area contributed by atoms with Gasteiger partial charge in [-0.3, -0.25) is 0 Å². The van der Waals surface area contributed by atoms with Crippen LogP contribution in [0.25, 0.3) is 10.6 Å². The SMILES string of the molecule is Cc1cc(OCCc2sc(-c3ccc(C(F)(F)F)cc3)nc2CCc2ccccc2)ccc1OCC(=O)O. The maximum Gasteiger partial charge on any atom is 0.416 e. The van der Waals surface area contributed by atoms with Crippen LogP contribution in [0.1, 0.15) is 27.3 Å². The van der Waals surface area contributed by atoms with Crippen LogP contribution in [0.5, 0.6) is 11.5 Å². The molecule has 1 heterocycles. The number of hydrogen-bond acceptors (Lipinski definition) is 5. The molecule has 198 valence electrons. The van der Waals surface area contributed by atoms with E-state index in [0.29, 0.717) is 41.5 Å². The smallest absolute Gasteiger partial charge is 0.416 e. The summed E-state index contributed by atoms with van der Waals surface area (Å²) in [6, 6.07) is 20.3. The topological polar surface area (TPSA) is 68.7 Å². The van der Waals surface area contributed by atoms with E-state index in [0.717, 1.165) is 34.7 Å². The van der Waals surface area contributed by atoms with Crippen molar-refractivity contribution in [1.29, 1.82) is 0 Å². The molecule has 4 rings (SSSR count). The number of alkyl halides is 3. The molecule has 0 atom stereocenters. The highest BCUT2D eigenvalue weighted by atomic mass is 32.1. The fourth-order valence-electron chi connectivity index (χ4n) is 3.88. The lowest BCUT2D eigenvalue weighted by Gasteiger charge is -2.10. The zero-order valence-electron chi connectivity index (χ0n) is 20.6. The molecule has 0 bridgehead atoms. The second kappa shape index (κ2) is 12.1. The summed E-state index contributed by atoms with van der Waals surface area (Å²) < 4.78 is 50.2. The highest BCUT2D eigenvalue weighted by Crippen LogP contribution is 2.34. The number of ether oxygens (including phenoxy) is 2. The zero-order valence-corrected chi connectivity index (χ0v) is 21.4. The van der Waals surface area contributed by atoms with Crippen molar-refractivity contribution in [3.8, 4) is 22.1 Å². The largest absolute Gasteiger partial charge is 0.493 e. The van der Waals surface area contributed by atoms with Crippen LogP contribution in [0.15, 0.2) is 72.8 Å². The minimum Gasteiger partial charge on any atom is -0.493 e. The summed E-state index contributed by atoms with van der Waals surface area (Å²) in [6.07, 6.45) is -2.31. The molecule has 5 nitrogen and oxygen atoms in total. The second-order valence-corrected chi connectivity index (χ2v) is 9.74. The van der Waals surface area contributed by atoms with Crippen molar-refractivity contribution in [2.75, 3.05) is 13.2 Å². The van der Waals surface area contributed by atoms with E-state index >= 15 is 0 Å². The highest BCUT2D eigenvalue weighted by Gasteiger charge is 2.30. The van der Waals surface area contributed by atoms with E-state index in [-0.39, 0.29) is 0 Å². The Morgan fingerprint density at radius 3 is 2.34 bits per heavy atom. The molecule has 0 aliphatic carbocycles. The number of aromatic nitrogens is 1. The summed E-state index contributed by atoms with van der Waals surface area (Å²) in [7, 11) is 0. The molecular weight excluding hydrogens is 515 g/mol. The summed E-state index contributed by atoms with van der Waals surface area (Å²) in [6.45, 7) is 1.77. The second-order valence-electron chi connectivity index (χ2n) is 8.66. The number of hydrogen-bond donors (Lipinski definition) is 1. The quantitative estimate of drug-likeness (QED) is 0.221. The Bertz CT molecular complexity index is 1370. The van der Waals surface area contributed by atoms with Gasteiger partial charge in [0, 0.05) is 16.9 Å². The van der Waals surface area contributed by atoms with E-state index in [1.807, 2.05) is 25.1 Å². The number of thiazole rings is 1. The monoisotopic (exact) mass is 541 g/mol. The predicted molar refractivity (Wildman–Crippen MR) is 140 cm³/mol. The van der Waals surface area contributed by atoms with Crippen LogP contribution in [0, 0.1) is 6.92 Å². The Morgan fingerprint density at radius 2 is 1.68 bits per heavy atom. The Kier molecular flexibility index (Phi) is 8.68. The first-order valence-electron chi connectivity index (χ1n) is 12.0. The molecule has 0 amide bonds. The lowest BCUT2D eigenvalue weighted by Crippen LogP contribution is -2.10. The van der Waals surface area contributed by atoms with Gasteiger partial charge in [0.05, 0.1) is 17.9 Å². The molecule has 0 spiro atoms. The Hall–Kier alpha value is -3.85. The van der Waals surface area contributed by atoms with E-state index in [1.54, 1.807) is 18.2 Å². The van der Waals surface area contributed by atoms with E-state index in [9.17, 15) is 18.0 Å². The number of nitrogens with zero attached hydrogens (tertiary/aromatic N) is 1. The maximum atomic E-state index is 13.0. The average molecular weight is 542 g/mol.